The van der Waals surface area contributed by atoms with Gasteiger partial charge in [0, 0.05) is 5.56 Å². The molecule has 1 heteroatoms. The van der Waals surface area contributed by atoms with Crippen LogP contribution in [0.1, 0.15) is 47.6 Å². The fourth-order valence-electron chi connectivity index (χ4n) is 3.09. The molecule has 0 nitrogen and oxygen atoms in total. The van der Waals surface area contributed by atoms with E-state index < -0.39 is 0 Å². The third-order valence-electron chi connectivity index (χ3n) is 4.78. The van der Waals surface area contributed by atoms with Gasteiger partial charge in [0.25, 0.3) is 0 Å². The van der Waals surface area contributed by atoms with E-state index in [2.05, 4.69) is 30.9 Å². The summed E-state index contributed by atoms with van der Waals surface area (Å²) in [5.74, 6) is 5.86. The second-order valence-corrected chi connectivity index (χ2v) is 7.07. The summed E-state index contributed by atoms with van der Waals surface area (Å²) in [6.07, 6.45) is 3.49. The fourth-order valence-corrected chi connectivity index (χ4v) is 3.09. The first kappa shape index (κ1) is 18.9. The van der Waals surface area contributed by atoms with Crippen molar-refractivity contribution in [1.82, 2.24) is 0 Å². The molecule has 0 saturated carbocycles. The molecule has 0 bridgehead atoms. The summed E-state index contributed by atoms with van der Waals surface area (Å²) >= 11 is 0. The van der Waals surface area contributed by atoms with Gasteiger partial charge in [-0.25, -0.2) is 4.39 Å². The Morgan fingerprint density at radius 3 is 2.15 bits per heavy atom. The van der Waals surface area contributed by atoms with Crippen LogP contribution in [0, 0.1) is 31.5 Å². The first-order valence-corrected chi connectivity index (χ1v) is 9.55. The monoisotopic (exact) mass is 356 g/mol. The highest BCUT2D eigenvalue weighted by Gasteiger charge is 2.08. The van der Waals surface area contributed by atoms with Gasteiger partial charge in [0.2, 0.25) is 0 Å². The van der Waals surface area contributed by atoms with Crippen molar-refractivity contribution in [2.24, 2.45) is 0 Å². The zero-order valence-electron chi connectivity index (χ0n) is 16.3. The third kappa shape index (κ3) is 4.86. The quantitative estimate of drug-likeness (QED) is 0.448. The Balaban J connectivity index is 1.84. The number of rotatable bonds is 4. The van der Waals surface area contributed by atoms with Gasteiger partial charge in [-0.2, -0.15) is 0 Å². The van der Waals surface area contributed by atoms with E-state index in [0.717, 1.165) is 28.7 Å². The Kier molecular flexibility index (Phi) is 6.09. The lowest BCUT2D eigenvalue weighted by atomic mass is 9.98. The maximum Gasteiger partial charge on any atom is 0.139 e. The van der Waals surface area contributed by atoms with Crippen LogP contribution in [0.4, 0.5) is 4.39 Å². The van der Waals surface area contributed by atoms with Gasteiger partial charge in [0.1, 0.15) is 5.82 Å². The fraction of sp³-hybridized carbons (Fsp3) is 0.231. The molecule has 0 aliphatic heterocycles. The summed E-state index contributed by atoms with van der Waals surface area (Å²) in [6.45, 7) is 6.16. The van der Waals surface area contributed by atoms with E-state index in [0.29, 0.717) is 5.56 Å². The Morgan fingerprint density at radius 2 is 1.52 bits per heavy atom. The summed E-state index contributed by atoms with van der Waals surface area (Å²) in [7, 11) is 0. The molecule has 0 unspecified atom stereocenters. The number of hydrogen-bond donors (Lipinski definition) is 0. The second kappa shape index (κ2) is 8.69. The predicted molar refractivity (Wildman–Crippen MR) is 112 cm³/mol. The molecule has 0 saturated heterocycles. The topological polar surface area (TPSA) is 0 Å². The summed E-state index contributed by atoms with van der Waals surface area (Å²) in [5, 5.41) is 0. The van der Waals surface area contributed by atoms with E-state index in [-0.39, 0.29) is 5.82 Å². The number of aryl methyl sites for hydroxylation is 3. The van der Waals surface area contributed by atoms with Crippen LogP contribution in [0.3, 0.4) is 0 Å². The van der Waals surface area contributed by atoms with Crippen molar-refractivity contribution in [2.45, 2.75) is 40.0 Å². The van der Waals surface area contributed by atoms with Crippen LogP contribution in [-0.4, -0.2) is 0 Å². The SMILES string of the molecule is CCCCc1ccc(C#Cc2c(C)cc(-c3ccc(C)cc3)cc2F)cc1. The second-order valence-electron chi connectivity index (χ2n) is 7.07. The first-order valence-electron chi connectivity index (χ1n) is 9.55. The Labute approximate surface area is 162 Å². The number of unbranched alkanes of at least 4 members (excludes halogenated alkanes) is 1. The standard InChI is InChI=1S/C26H25F/c1-4-5-6-21-9-11-22(12-10-21)13-16-25-20(3)17-24(18-26(25)27)23-14-7-19(2)8-15-23/h7-12,14-15,17-18H,4-6H2,1-3H3. The zero-order chi connectivity index (χ0) is 19.2. The number of halogens is 1. The van der Waals surface area contributed by atoms with E-state index in [1.54, 1.807) is 6.07 Å². The molecule has 0 fully saturated rings. The molecule has 0 aliphatic rings. The van der Waals surface area contributed by atoms with Crippen LogP contribution in [0.25, 0.3) is 11.1 Å². The van der Waals surface area contributed by atoms with E-state index in [1.165, 1.54) is 24.0 Å². The summed E-state index contributed by atoms with van der Waals surface area (Å²) < 4.78 is 14.7. The minimum atomic E-state index is -0.266. The molecule has 27 heavy (non-hydrogen) atoms. The molecule has 0 spiro atoms. The van der Waals surface area contributed by atoms with Crippen molar-refractivity contribution in [1.29, 1.82) is 0 Å². The molecule has 3 aromatic rings. The van der Waals surface area contributed by atoms with E-state index in [1.807, 2.05) is 56.3 Å². The minimum Gasteiger partial charge on any atom is -0.206 e. The Bertz CT molecular complexity index is 944. The average Bonchev–Trinajstić information content (AvgIpc) is 2.67. The van der Waals surface area contributed by atoms with Gasteiger partial charge >= 0.3 is 0 Å². The molecular formula is C26H25F. The van der Waals surface area contributed by atoms with Gasteiger partial charge in [-0.1, -0.05) is 67.1 Å². The summed E-state index contributed by atoms with van der Waals surface area (Å²) in [4.78, 5) is 0. The Hall–Kier alpha value is -2.85. The molecule has 0 atom stereocenters. The van der Waals surface area contributed by atoms with Crippen LogP contribution in [0.15, 0.2) is 60.7 Å². The first-order chi connectivity index (χ1) is 13.1. The summed E-state index contributed by atoms with van der Waals surface area (Å²) in [5.41, 5.74) is 6.67. The maximum atomic E-state index is 14.7. The minimum absolute atomic E-state index is 0.266. The highest BCUT2D eigenvalue weighted by atomic mass is 19.1. The Morgan fingerprint density at radius 1 is 0.815 bits per heavy atom. The molecule has 3 aromatic carbocycles. The molecule has 0 heterocycles. The van der Waals surface area contributed by atoms with Gasteiger partial charge in [-0.3, -0.25) is 0 Å². The van der Waals surface area contributed by atoms with Crippen LogP contribution in [0.5, 0.6) is 0 Å². The molecule has 3 rings (SSSR count). The van der Waals surface area contributed by atoms with Crippen LogP contribution < -0.4 is 0 Å². The van der Waals surface area contributed by atoms with Gasteiger partial charge in [0.05, 0.1) is 5.56 Å². The van der Waals surface area contributed by atoms with Gasteiger partial charge < -0.3 is 0 Å². The molecule has 0 aromatic heterocycles. The lowest BCUT2D eigenvalue weighted by Gasteiger charge is -2.07. The molecule has 0 amide bonds. The average molecular weight is 356 g/mol. The lowest BCUT2D eigenvalue weighted by Crippen LogP contribution is -1.92. The molecular weight excluding hydrogens is 331 g/mol. The molecule has 0 radical (unpaired) electrons. The van der Waals surface area contributed by atoms with E-state index >= 15 is 0 Å². The van der Waals surface area contributed by atoms with Gasteiger partial charge in [0.15, 0.2) is 0 Å². The third-order valence-corrected chi connectivity index (χ3v) is 4.78. The smallest absolute Gasteiger partial charge is 0.139 e. The number of benzene rings is 3. The normalized spacial score (nSPS) is 10.4. The van der Waals surface area contributed by atoms with E-state index in [4.69, 9.17) is 0 Å². The van der Waals surface area contributed by atoms with Crippen LogP contribution in [-0.2, 0) is 6.42 Å². The highest BCUT2D eigenvalue weighted by Crippen LogP contribution is 2.25. The molecule has 0 aliphatic carbocycles. The van der Waals surface area contributed by atoms with Crippen LogP contribution >= 0.6 is 0 Å². The zero-order valence-corrected chi connectivity index (χ0v) is 16.3. The highest BCUT2D eigenvalue weighted by molar-refractivity contribution is 5.66. The van der Waals surface area contributed by atoms with E-state index in [9.17, 15) is 4.39 Å². The van der Waals surface area contributed by atoms with Crippen molar-refractivity contribution in [3.8, 4) is 23.0 Å². The van der Waals surface area contributed by atoms with Gasteiger partial charge in [-0.05, 0) is 73.2 Å². The van der Waals surface area contributed by atoms with Crippen molar-refractivity contribution in [2.75, 3.05) is 0 Å². The van der Waals surface area contributed by atoms with Gasteiger partial charge in [-0.15, -0.1) is 0 Å². The lowest BCUT2D eigenvalue weighted by molar-refractivity contribution is 0.623. The largest absolute Gasteiger partial charge is 0.206 e. The predicted octanol–water partition coefficient (Wildman–Crippen LogP) is 6.85. The molecule has 136 valence electrons. The number of hydrogen-bond acceptors (Lipinski definition) is 0. The van der Waals surface area contributed by atoms with Crippen molar-refractivity contribution in [3.05, 3.63) is 94.3 Å². The molecule has 0 N–H and O–H groups in total. The van der Waals surface area contributed by atoms with Crippen molar-refractivity contribution < 1.29 is 4.39 Å². The van der Waals surface area contributed by atoms with Crippen molar-refractivity contribution in [3.63, 3.8) is 0 Å². The van der Waals surface area contributed by atoms with Crippen molar-refractivity contribution >= 4 is 0 Å². The summed E-state index contributed by atoms with van der Waals surface area (Å²) in [6, 6.07) is 20.0. The maximum absolute atomic E-state index is 14.7. The van der Waals surface area contributed by atoms with Crippen LogP contribution in [0.2, 0.25) is 0 Å².